The maximum atomic E-state index is 12.6. The Morgan fingerprint density at radius 1 is 1.04 bits per heavy atom. The third-order valence-electron chi connectivity index (χ3n) is 3.61. The zero-order valence-corrected chi connectivity index (χ0v) is 14.8. The van der Waals surface area contributed by atoms with E-state index in [1.807, 2.05) is 0 Å². The molecule has 0 aliphatic heterocycles. The van der Waals surface area contributed by atoms with Crippen LogP contribution in [0.3, 0.4) is 0 Å². The Bertz CT molecular complexity index is 865. The molecule has 0 radical (unpaired) electrons. The fourth-order valence-corrected chi connectivity index (χ4v) is 3.40. The first-order valence-electron chi connectivity index (χ1n) is 7.21. The third-order valence-corrected chi connectivity index (χ3v) is 5.43. The molecule has 8 nitrogen and oxygen atoms in total. The van der Waals surface area contributed by atoms with Crippen molar-refractivity contribution in [1.29, 1.82) is 0 Å². The molecule has 0 aliphatic carbocycles. The number of sulfonamides is 1. The first kappa shape index (κ1) is 18.7. The summed E-state index contributed by atoms with van der Waals surface area (Å²) in [5.41, 5.74) is 0.548. The van der Waals surface area contributed by atoms with Gasteiger partial charge in [-0.05, 0) is 29.8 Å². The quantitative estimate of drug-likeness (QED) is 0.551. The zero-order valence-electron chi connectivity index (χ0n) is 14.0. The molecule has 0 spiro atoms. The summed E-state index contributed by atoms with van der Waals surface area (Å²) in [6, 6.07) is 9.90. The minimum atomic E-state index is -3.78. The molecule has 0 amide bonds. The van der Waals surface area contributed by atoms with Gasteiger partial charge in [-0.25, -0.2) is 8.42 Å². The Morgan fingerprint density at radius 3 is 2.16 bits per heavy atom. The van der Waals surface area contributed by atoms with E-state index in [-0.39, 0.29) is 17.1 Å². The van der Waals surface area contributed by atoms with Gasteiger partial charge in [-0.2, -0.15) is 4.31 Å². The second-order valence-corrected chi connectivity index (χ2v) is 7.25. The van der Waals surface area contributed by atoms with Gasteiger partial charge in [0, 0.05) is 25.7 Å². The highest BCUT2D eigenvalue weighted by Crippen LogP contribution is 2.28. The number of rotatable bonds is 7. The largest absolute Gasteiger partial charge is 0.493 e. The minimum Gasteiger partial charge on any atom is -0.493 e. The summed E-state index contributed by atoms with van der Waals surface area (Å²) in [7, 11) is 0.677. The first-order valence-corrected chi connectivity index (χ1v) is 8.65. The van der Waals surface area contributed by atoms with Crippen molar-refractivity contribution in [3.8, 4) is 11.5 Å². The summed E-state index contributed by atoms with van der Waals surface area (Å²) in [6.07, 6.45) is 0. The lowest BCUT2D eigenvalue weighted by Crippen LogP contribution is -2.26. The lowest BCUT2D eigenvalue weighted by Gasteiger charge is -2.18. The summed E-state index contributed by atoms with van der Waals surface area (Å²) in [4.78, 5) is 10.1. The molecular formula is C16H18N2O6S. The molecule has 25 heavy (non-hydrogen) atoms. The van der Waals surface area contributed by atoms with Crippen LogP contribution < -0.4 is 9.47 Å². The predicted octanol–water partition coefficient (Wildman–Crippen LogP) is 2.43. The Kier molecular flexibility index (Phi) is 5.60. The van der Waals surface area contributed by atoms with Gasteiger partial charge in [-0.15, -0.1) is 0 Å². The number of hydrogen-bond donors (Lipinski definition) is 0. The lowest BCUT2D eigenvalue weighted by molar-refractivity contribution is -0.384. The fraction of sp³-hybridized carbons (Fsp3) is 0.250. The van der Waals surface area contributed by atoms with E-state index in [0.29, 0.717) is 17.1 Å². The summed E-state index contributed by atoms with van der Waals surface area (Å²) >= 11 is 0. The Hall–Kier alpha value is -2.65. The number of non-ortho nitro benzene ring substituents is 1. The van der Waals surface area contributed by atoms with E-state index in [0.717, 1.165) is 16.4 Å². The van der Waals surface area contributed by atoms with E-state index in [9.17, 15) is 18.5 Å². The van der Waals surface area contributed by atoms with Crippen LogP contribution in [-0.2, 0) is 16.6 Å². The molecule has 0 heterocycles. The topological polar surface area (TPSA) is 99.0 Å². The van der Waals surface area contributed by atoms with Crippen LogP contribution in [0.1, 0.15) is 5.56 Å². The van der Waals surface area contributed by atoms with E-state index >= 15 is 0 Å². The number of hydrogen-bond acceptors (Lipinski definition) is 6. The van der Waals surface area contributed by atoms with Crippen LogP contribution in [0.25, 0.3) is 0 Å². The normalized spacial score (nSPS) is 11.4. The molecule has 0 aromatic heterocycles. The van der Waals surface area contributed by atoms with Crippen molar-refractivity contribution in [2.75, 3.05) is 21.3 Å². The van der Waals surface area contributed by atoms with Crippen molar-refractivity contribution in [3.05, 3.63) is 58.1 Å². The van der Waals surface area contributed by atoms with Gasteiger partial charge in [-0.1, -0.05) is 6.07 Å². The van der Waals surface area contributed by atoms with Crippen LogP contribution in [0.4, 0.5) is 5.69 Å². The molecule has 134 valence electrons. The summed E-state index contributed by atoms with van der Waals surface area (Å²) in [5, 5.41) is 10.7. The standard InChI is InChI=1S/C16H18N2O6S/c1-17(11-12-4-9-15(23-2)16(10-12)24-3)25(21,22)14-7-5-13(6-8-14)18(19)20/h4-10H,11H2,1-3H3. The van der Waals surface area contributed by atoms with Crippen molar-refractivity contribution in [2.24, 2.45) is 0 Å². The van der Waals surface area contributed by atoms with E-state index in [1.165, 1.54) is 33.4 Å². The van der Waals surface area contributed by atoms with Crippen molar-refractivity contribution >= 4 is 15.7 Å². The highest BCUT2D eigenvalue weighted by Gasteiger charge is 2.22. The summed E-state index contributed by atoms with van der Waals surface area (Å²) in [5.74, 6) is 1.05. The second kappa shape index (κ2) is 7.49. The number of methoxy groups -OCH3 is 2. The molecule has 9 heteroatoms. The van der Waals surface area contributed by atoms with Gasteiger partial charge in [0.15, 0.2) is 11.5 Å². The van der Waals surface area contributed by atoms with Crippen molar-refractivity contribution < 1.29 is 22.8 Å². The van der Waals surface area contributed by atoms with Crippen LogP contribution in [-0.4, -0.2) is 38.9 Å². The molecule has 2 aromatic rings. The molecule has 0 unspecified atom stereocenters. The molecule has 2 aromatic carbocycles. The number of nitrogens with zero attached hydrogens (tertiary/aromatic N) is 2. The van der Waals surface area contributed by atoms with Crippen LogP contribution >= 0.6 is 0 Å². The third kappa shape index (κ3) is 4.06. The van der Waals surface area contributed by atoms with Gasteiger partial charge in [0.1, 0.15) is 0 Å². The van der Waals surface area contributed by atoms with Gasteiger partial charge < -0.3 is 9.47 Å². The van der Waals surface area contributed by atoms with Gasteiger partial charge in [0.25, 0.3) is 5.69 Å². The van der Waals surface area contributed by atoms with Crippen LogP contribution in [0, 0.1) is 10.1 Å². The van der Waals surface area contributed by atoms with Crippen LogP contribution in [0.15, 0.2) is 47.4 Å². The zero-order chi connectivity index (χ0) is 18.6. The maximum absolute atomic E-state index is 12.6. The number of nitro groups is 1. The second-order valence-electron chi connectivity index (χ2n) is 5.20. The molecule has 0 aliphatic rings. The highest BCUT2D eigenvalue weighted by molar-refractivity contribution is 7.89. The Morgan fingerprint density at radius 2 is 1.64 bits per heavy atom. The molecule has 0 N–H and O–H groups in total. The van der Waals surface area contributed by atoms with Crippen molar-refractivity contribution in [2.45, 2.75) is 11.4 Å². The summed E-state index contributed by atoms with van der Waals surface area (Å²) < 4.78 is 36.7. The number of benzene rings is 2. The monoisotopic (exact) mass is 366 g/mol. The highest BCUT2D eigenvalue weighted by atomic mass is 32.2. The molecule has 2 rings (SSSR count). The van der Waals surface area contributed by atoms with Crippen molar-refractivity contribution in [1.82, 2.24) is 4.31 Å². The SMILES string of the molecule is COc1ccc(CN(C)S(=O)(=O)c2ccc([N+](=O)[O-])cc2)cc1OC. The Balaban J connectivity index is 2.24. The van der Waals surface area contributed by atoms with Crippen LogP contribution in [0.5, 0.6) is 11.5 Å². The minimum absolute atomic E-state index is 0.0129. The van der Waals surface area contributed by atoms with Gasteiger partial charge in [-0.3, -0.25) is 10.1 Å². The maximum Gasteiger partial charge on any atom is 0.269 e. The molecule has 0 saturated carbocycles. The van der Waals surface area contributed by atoms with Gasteiger partial charge in [0.05, 0.1) is 24.0 Å². The lowest BCUT2D eigenvalue weighted by atomic mass is 10.2. The van der Waals surface area contributed by atoms with E-state index in [4.69, 9.17) is 9.47 Å². The smallest absolute Gasteiger partial charge is 0.269 e. The van der Waals surface area contributed by atoms with Gasteiger partial charge in [0.2, 0.25) is 10.0 Å². The van der Waals surface area contributed by atoms with Crippen LogP contribution in [0.2, 0.25) is 0 Å². The summed E-state index contributed by atoms with van der Waals surface area (Å²) in [6.45, 7) is 0.111. The molecule has 0 saturated heterocycles. The number of ether oxygens (including phenoxy) is 2. The van der Waals surface area contributed by atoms with Gasteiger partial charge >= 0.3 is 0 Å². The first-order chi connectivity index (χ1) is 11.8. The predicted molar refractivity (Wildman–Crippen MR) is 91.3 cm³/mol. The fourth-order valence-electron chi connectivity index (χ4n) is 2.24. The van der Waals surface area contributed by atoms with E-state index < -0.39 is 14.9 Å². The number of nitro benzene ring substituents is 1. The van der Waals surface area contributed by atoms with Crippen molar-refractivity contribution in [3.63, 3.8) is 0 Å². The average Bonchev–Trinajstić information content (AvgIpc) is 2.61. The Labute approximate surface area is 145 Å². The van der Waals surface area contributed by atoms with E-state index in [2.05, 4.69) is 0 Å². The molecule has 0 fully saturated rings. The molecule has 0 atom stereocenters. The molecule has 0 bridgehead atoms. The van der Waals surface area contributed by atoms with E-state index in [1.54, 1.807) is 18.2 Å². The molecular weight excluding hydrogens is 348 g/mol. The average molecular weight is 366 g/mol.